The van der Waals surface area contributed by atoms with Gasteiger partial charge in [-0.1, -0.05) is 31.4 Å². The molecule has 0 heterocycles. The first kappa shape index (κ1) is 22.4. The van der Waals surface area contributed by atoms with Crippen molar-refractivity contribution >= 4 is 11.8 Å². The number of esters is 1. The first-order valence-corrected chi connectivity index (χ1v) is 9.78. The second-order valence-electron chi connectivity index (χ2n) is 7.53. The van der Waals surface area contributed by atoms with Gasteiger partial charge in [0.25, 0.3) is 0 Å². The Morgan fingerprint density at radius 1 is 1.35 bits per heavy atom. The van der Waals surface area contributed by atoms with Crippen LogP contribution in [0.1, 0.15) is 77.6 Å². The summed E-state index contributed by atoms with van der Waals surface area (Å²) < 4.78 is 4.62. The van der Waals surface area contributed by atoms with E-state index in [0.29, 0.717) is 37.9 Å². The fraction of sp³-hybridized carbons (Fsp3) is 0.762. The monoisotopic (exact) mass is 363 g/mol. The molecule has 1 N–H and O–H groups in total. The van der Waals surface area contributed by atoms with Crippen molar-refractivity contribution in [1.82, 2.24) is 0 Å². The molecule has 0 spiro atoms. The number of unbranched alkanes of at least 4 members (excludes halogenated alkanes) is 4. The van der Waals surface area contributed by atoms with E-state index < -0.39 is 5.60 Å². The highest BCUT2D eigenvalue weighted by atomic mass is 16.5. The average molecular weight is 363 g/mol. The smallest absolute Gasteiger partial charge is 0.305 e. The summed E-state index contributed by atoms with van der Waals surface area (Å²) in [4.78, 5) is 23.2. The molecule has 0 amide bonds. The summed E-state index contributed by atoms with van der Waals surface area (Å²) in [6.07, 6.45) is 12.1. The van der Waals surface area contributed by atoms with Gasteiger partial charge in [0.05, 0.1) is 18.8 Å². The van der Waals surface area contributed by atoms with E-state index in [1.165, 1.54) is 7.11 Å². The van der Waals surface area contributed by atoms with E-state index in [1.54, 1.807) is 6.92 Å². The zero-order valence-electron chi connectivity index (χ0n) is 16.2. The Bertz CT molecular complexity index is 519. The maximum Gasteiger partial charge on any atom is 0.305 e. The molecule has 1 aliphatic rings. The number of hydrogen-bond acceptors (Lipinski definition) is 5. The lowest BCUT2D eigenvalue weighted by Crippen LogP contribution is -2.21. The van der Waals surface area contributed by atoms with Crippen molar-refractivity contribution in [2.45, 2.75) is 83.2 Å². The first-order chi connectivity index (χ1) is 12.4. The van der Waals surface area contributed by atoms with Crippen LogP contribution in [0, 0.1) is 23.2 Å². The molecule has 146 valence electrons. The zero-order chi connectivity index (χ0) is 19.4. The molecule has 0 aromatic heterocycles. The summed E-state index contributed by atoms with van der Waals surface area (Å²) >= 11 is 0. The maximum atomic E-state index is 12.2. The SMILES string of the molecule is COC(=O)CCCCCCC1C(=O)CCC1C=CC(C)(O)CCCC#N. The highest BCUT2D eigenvalue weighted by Gasteiger charge is 2.32. The van der Waals surface area contributed by atoms with Crippen LogP contribution in [0.3, 0.4) is 0 Å². The number of ether oxygens (including phenoxy) is 1. The topological polar surface area (TPSA) is 87.4 Å². The van der Waals surface area contributed by atoms with Gasteiger partial charge in [-0.2, -0.15) is 5.26 Å². The number of nitriles is 1. The van der Waals surface area contributed by atoms with Gasteiger partial charge in [0.15, 0.2) is 0 Å². The summed E-state index contributed by atoms with van der Waals surface area (Å²) in [5, 5.41) is 19.0. The summed E-state index contributed by atoms with van der Waals surface area (Å²) in [6, 6.07) is 2.09. The molecule has 5 nitrogen and oxygen atoms in total. The predicted octanol–water partition coefficient (Wildman–Crippen LogP) is 4.10. The minimum absolute atomic E-state index is 0.0572. The molecule has 0 radical (unpaired) electrons. The van der Waals surface area contributed by atoms with E-state index in [9.17, 15) is 14.7 Å². The van der Waals surface area contributed by atoms with Crippen molar-refractivity contribution in [2.24, 2.45) is 11.8 Å². The van der Waals surface area contributed by atoms with Gasteiger partial charge in [-0.3, -0.25) is 9.59 Å². The summed E-state index contributed by atoms with van der Waals surface area (Å²) in [5.41, 5.74) is -0.916. The van der Waals surface area contributed by atoms with Crippen molar-refractivity contribution in [2.75, 3.05) is 7.11 Å². The van der Waals surface area contributed by atoms with Gasteiger partial charge in [0, 0.05) is 25.2 Å². The van der Waals surface area contributed by atoms with Crippen molar-refractivity contribution < 1.29 is 19.4 Å². The maximum absolute atomic E-state index is 12.2. The van der Waals surface area contributed by atoms with Gasteiger partial charge in [-0.25, -0.2) is 0 Å². The molecule has 0 aliphatic heterocycles. The largest absolute Gasteiger partial charge is 0.469 e. The predicted molar refractivity (Wildman–Crippen MR) is 100 cm³/mol. The van der Waals surface area contributed by atoms with Crippen LogP contribution in [0.4, 0.5) is 0 Å². The second kappa shape index (κ2) is 11.9. The molecule has 26 heavy (non-hydrogen) atoms. The van der Waals surface area contributed by atoms with Crippen molar-refractivity contribution in [1.29, 1.82) is 5.26 Å². The number of carbonyl (C=O) groups is 2. The molecular formula is C21H33NO4. The normalized spacial score (nSPS) is 22.3. The van der Waals surface area contributed by atoms with Crippen LogP contribution in [-0.2, 0) is 14.3 Å². The van der Waals surface area contributed by atoms with Gasteiger partial charge in [0.2, 0.25) is 0 Å². The molecule has 1 saturated carbocycles. The molecule has 3 atom stereocenters. The molecule has 1 fully saturated rings. The molecular weight excluding hydrogens is 330 g/mol. The Kier molecular flexibility index (Phi) is 10.2. The average Bonchev–Trinajstić information content (AvgIpc) is 2.96. The lowest BCUT2D eigenvalue weighted by Gasteiger charge is -2.20. The Hall–Kier alpha value is -1.67. The summed E-state index contributed by atoms with van der Waals surface area (Å²) in [5.74, 6) is 0.433. The highest BCUT2D eigenvalue weighted by molar-refractivity contribution is 5.83. The number of allylic oxidation sites excluding steroid dienone is 1. The van der Waals surface area contributed by atoms with E-state index in [-0.39, 0.29) is 17.8 Å². The number of hydrogen-bond donors (Lipinski definition) is 1. The minimum atomic E-state index is -0.916. The highest BCUT2D eigenvalue weighted by Crippen LogP contribution is 2.34. The van der Waals surface area contributed by atoms with Crippen LogP contribution < -0.4 is 0 Å². The number of nitrogens with zero attached hydrogens (tertiary/aromatic N) is 1. The van der Waals surface area contributed by atoms with Gasteiger partial charge in [-0.15, -0.1) is 0 Å². The number of Topliss-reactive ketones (excluding diaryl/α,β-unsaturated/α-hetero) is 1. The lowest BCUT2D eigenvalue weighted by atomic mass is 9.88. The van der Waals surface area contributed by atoms with E-state index in [4.69, 9.17) is 5.26 Å². The van der Waals surface area contributed by atoms with Crippen LogP contribution >= 0.6 is 0 Å². The standard InChI is InChI=1S/C21H33NO4/c1-21(25,14-7-8-16-22)15-13-17-11-12-19(23)18(17)9-5-3-4-6-10-20(24)26-2/h13,15,17-18,25H,3-12,14H2,1-2H3. The van der Waals surface area contributed by atoms with E-state index >= 15 is 0 Å². The number of rotatable bonds is 12. The van der Waals surface area contributed by atoms with Crippen LogP contribution in [0.15, 0.2) is 12.2 Å². The van der Waals surface area contributed by atoms with Gasteiger partial charge in [-0.05, 0) is 44.9 Å². The molecule has 5 heteroatoms. The molecule has 3 unspecified atom stereocenters. The van der Waals surface area contributed by atoms with E-state index in [0.717, 1.165) is 38.5 Å². The van der Waals surface area contributed by atoms with Crippen LogP contribution in [-0.4, -0.2) is 29.6 Å². The van der Waals surface area contributed by atoms with E-state index in [2.05, 4.69) is 10.8 Å². The number of aliphatic hydroxyl groups is 1. The Morgan fingerprint density at radius 3 is 2.77 bits per heavy atom. The lowest BCUT2D eigenvalue weighted by molar-refractivity contribution is -0.140. The third-order valence-electron chi connectivity index (χ3n) is 5.20. The fourth-order valence-electron chi connectivity index (χ4n) is 3.57. The molecule has 1 aliphatic carbocycles. The zero-order valence-corrected chi connectivity index (χ0v) is 16.2. The minimum Gasteiger partial charge on any atom is -0.469 e. The molecule has 0 bridgehead atoms. The Labute approximate surface area is 157 Å². The van der Waals surface area contributed by atoms with Crippen molar-refractivity contribution in [3.8, 4) is 6.07 Å². The third kappa shape index (κ3) is 8.62. The quantitative estimate of drug-likeness (QED) is 0.320. The van der Waals surface area contributed by atoms with Gasteiger partial charge in [0.1, 0.15) is 5.78 Å². The first-order valence-electron chi connectivity index (χ1n) is 9.78. The second-order valence-corrected chi connectivity index (χ2v) is 7.53. The number of methoxy groups -OCH3 is 1. The fourth-order valence-corrected chi connectivity index (χ4v) is 3.57. The van der Waals surface area contributed by atoms with Crippen LogP contribution in [0.5, 0.6) is 0 Å². The summed E-state index contributed by atoms with van der Waals surface area (Å²) in [7, 11) is 1.41. The summed E-state index contributed by atoms with van der Waals surface area (Å²) in [6.45, 7) is 1.76. The molecule has 1 rings (SSSR count). The number of carbonyl (C=O) groups excluding carboxylic acids is 2. The Morgan fingerprint density at radius 2 is 2.08 bits per heavy atom. The molecule has 0 aromatic carbocycles. The molecule has 0 saturated heterocycles. The third-order valence-corrected chi connectivity index (χ3v) is 5.20. The number of ketones is 1. The van der Waals surface area contributed by atoms with Gasteiger partial charge >= 0.3 is 5.97 Å². The van der Waals surface area contributed by atoms with Crippen molar-refractivity contribution in [3.05, 3.63) is 12.2 Å². The van der Waals surface area contributed by atoms with Crippen molar-refractivity contribution in [3.63, 3.8) is 0 Å². The van der Waals surface area contributed by atoms with Gasteiger partial charge < -0.3 is 9.84 Å². The van der Waals surface area contributed by atoms with E-state index in [1.807, 2.05) is 12.2 Å². The Balaban J connectivity index is 2.37. The van der Waals surface area contributed by atoms with Crippen LogP contribution in [0.2, 0.25) is 0 Å². The molecule has 0 aromatic rings. The van der Waals surface area contributed by atoms with Crippen LogP contribution in [0.25, 0.3) is 0 Å².